The third-order valence-corrected chi connectivity index (χ3v) is 4.77. The predicted octanol–water partition coefficient (Wildman–Crippen LogP) is 4.31. The van der Waals surface area contributed by atoms with Crippen LogP contribution in [0.3, 0.4) is 0 Å². The average molecular weight is 304 g/mol. The SMILES string of the molecule is CCCCC1COC2(CC(CCOCc3ccccc3)C2)O1. The minimum absolute atomic E-state index is 0.234. The van der Waals surface area contributed by atoms with Gasteiger partial charge in [-0.1, -0.05) is 50.1 Å². The van der Waals surface area contributed by atoms with E-state index in [1.807, 2.05) is 6.07 Å². The Morgan fingerprint density at radius 3 is 2.77 bits per heavy atom. The molecule has 2 fully saturated rings. The van der Waals surface area contributed by atoms with Crippen LogP contribution in [-0.2, 0) is 20.8 Å². The zero-order chi connectivity index (χ0) is 15.3. The molecule has 1 heterocycles. The molecule has 0 bridgehead atoms. The summed E-state index contributed by atoms with van der Waals surface area (Å²) in [7, 11) is 0. The Balaban J connectivity index is 1.28. The van der Waals surface area contributed by atoms with E-state index in [0.717, 1.165) is 38.9 Å². The van der Waals surface area contributed by atoms with Gasteiger partial charge in [0.25, 0.3) is 0 Å². The summed E-state index contributed by atoms with van der Waals surface area (Å²) in [6.07, 6.45) is 7.14. The molecule has 3 heteroatoms. The van der Waals surface area contributed by atoms with Gasteiger partial charge in [-0.05, 0) is 24.3 Å². The van der Waals surface area contributed by atoms with E-state index >= 15 is 0 Å². The maximum Gasteiger partial charge on any atom is 0.169 e. The molecule has 1 aromatic rings. The van der Waals surface area contributed by atoms with Gasteiger partial charge in [0.15, 0.2) is 5.79 Å². The van der Waals surface area contributed by atoms with E-state index in [9.17, 15) is 0 Å². The first-order chi connectivity index (χ1) is 10.8. The lowest BCUT2D eigenvalue weighted by Crippen LogP contribution is -2.45. The Morgan fingerprint density at radius 2 is 2.00 bits per heavy atom. The second kappa shape index (κ2) is 7.58. The molecule has 22 heavy (non-hydrogen) atoms. The molecule has 1 spiro atoms. The Labute approximate surface area is 134 Å². The quantitative estimate of drug-likeness (QED) is 0.670. The van der Waals surface area contributed by atoms with Crippen LogP contribution < -0.4 is 0 Å². The van der Waals surface area contributed by atoms with Gasteiger partial charge in [0, 0.05) is 19.4 Å². The molecule has 1 saturated heterocycles. The number of hydrogen-bond donors (Lipinski definition) is 0. The van der Waals surface area contributed by atoms with Crippen LogP contribution in [0.15, 0.2) is 30.3 Å². The lowest BCUT2D eigenvalue weighted by molar-refractivity contribution is -0.241. The molecule has 0 radical (unpaired) electrons. The molecule has 0 amide bonds. The third-order valence-electron chi connectivity index (χ3n) is 4.77. The minimum Gasteiger partial charge on any atom is -0.377 e. The Morgan fingerprint density at radius 1 is 1.18 bits per heavy atom. The molecule has 1 aromatic carbocycles. The zero-order valence-corrected chi connectivity index (χ0v) is 13.6. The van der Waals surface area contributed by atoms with Gasteiger partial charge in [-0.25, -0.2) is 0 Å². The highest BCUT2D eigenvalue weighted by Crippen LogP contribution is 2.47. The van der Waals surface area contributed by atoms with E-state index in [0.29, 0.717) is 18.6 Å². The Kier molecular flexibility index (Phi) is 5.51. The van der Waals surface area contributed by atoms with E-state index in [4.69, 9.17) is 14.2 Å². The van der Waals surface area contributed by atoms with Crippen LogP contribution in [0.4, 0.5) is 0 Å². The number of ether oxygens (including phenoxy) is 3. The summed E-state index contributed by atoms with van der Waals surface area (Å²) in [5.41, 5.74) is 1.24. The molecule has 3 rings (SSSR count). The number of hydrogen-bond acceptors (Lipinski definition) is 3. The largest absolute Gasteiger partial charge is 0.377 e. The van der Waals surface area contributed by atoms with Crippen molar-refractivity contribution in [3.8, 4) is 0 Å². The summed E-state index contributed by atoms with van der Waals surface area (Å²) in [5.74, 6) is 0.461. The molecular weight excluding hydrogens is 276 g/mol. The maximum atomic E-state index is 6.13. The van der Waals surface area contributed by atoms with Crippen LogP contribution in [0.1, 0.15) is 51.0 Å². The molecule has 1 saturated carbocycles. The normalized spacial score (nSPS) is 30.6. The van der Waals surface area contributed by atoms with Crippen molar-refractivity contribution >= 4 is 0 Å². The van der Waals surface area contributed by atoms with Gasteiger partial charge >= 0.3 is 0 Å². The van der Waals surface area contributed by atoms with Crippen molar-refractivity contribution in [2.45, 2.75) is 63.9 Å². The Hall–Kier alpha value is -0.900. The molecule has 1 aliphatic carbocycles. The lowest BCUT2D eigenvalue weighted by Gasteiger charge is -2.43. The molecule has 0 N–H and O–H groups in total. The highest BCUT2D eigenvalue weighted by molar-refractivity contribution is 5.13. The maximum absolute atomic E-state index is 6.13. The van der Waals surface area contributed by atoms with Crippen LogP contribution in [0.2, 0.25) is 0 Å². The molecule has 0 aromatic heterocycles. The van der Waals surface area contributed by atoms with Crippen molar-refractivity contribution in [3.05, 3.63) is 35.9 Å². The summed E-state index contributed by atoms with van der Waals surface area (Å²) in [6.45, 7) is 4.55. The van der Waals surface area contributed by atoms with Crippen LogP contribution in [-0.4, -0.2) is 25.1 Å². The lowest BCUT2D eigenvalue weighted by atomic mass is 9.77. The Bertz CT molecular complexity index is 439. The third kappa shape index (κ3) is 4.09. The second-order valence-corrected chi connectivity index (χ2v) is 6.70. The molecule has 1 atom stereocenters. The van der Waals surface area contributed by atoms with E-state index in [2.05, 4.69) is 31.2 Å². The van der Waals surface area contributed by atoms with Crippen molar-refractivity contribution in [3.63, 3.8) is 0 Å². The highest BCUT2D eigenvalue weighted by atomic mass is 16.7. The van der Waals surface area contributed by atoms with E-state index < -0.39 is 0 Å². The van der Waals surface area contributed by atoms with E-state index in [1.165, 1.54) is 18.4 Å². The van der Waals surface area contributed by atoms with Crippen molar-refractivity contribution in [1.29, 1.82) is 0 Å². The van der Waals surface area contributed by atoms with Crippen LogP contribution in [0.5, 0.6) is 0 Å². The summed E-state index contributed by atoms with van der Waals surface area (Å²) in [5, 5.41) is 0. The molecule has 122 valence electrons. The number of benzene rings is 1. The van der Waals surface area contributed by atoms with Gasteiger partial charge in [-0.2, -0.15) is 0 Å². The fourth-order valence-corrected chi connectivity index (χ4v) is 3.44. The fraction of sp³-hybridized carbons (Fsp3) is 0.684. The highest BCUT2D eigenvalue weighted by Gasteiger charge is 2.51. The van der Waals surface area contributed by atoms with E-state index in [1.54, 1.807) is 0 Å². The molecule has 3 nitrogen and oxygen atoms in total. The van der Waals surface area contributed by atoms with Gasteiger partial charge in [0.2, 0.25) is 0 Å². The molecule has 1 aliphatic heterocycles. The van der Waals surface area contributed by atoms with Crippen LogP contribution >= 0.6 is 0 Å². The summed E-state index contributed by atoms with van der Waals surface area (Å²) in [6, 6.07) is 10.4. The van der Waals surface area contributed by atoms with Crippen LogP contribution in [0.25, 0.3) is 0 Å². The minimum atomic E-state index is -0.234. The van der Waals surface area contributed by atoms with Crippen molar-refractivity contribution in [2.24, 2.45) is 5.92 Å². The van der Waals surface area contributed by atoms with Crippen molar-refractivity contribution in [1.82, 2.24) is 0 Å². The van der Waals surface area contributed by atoms with Crippen LogP contribution in [0, 0.1) is 5.92 Å². The number of unbranched alkanes of at least 4 members (excludes halogenated alkanes) is 1. The zero-order valence-electron chi connectivity index (χ0n) is 13.6. The number of rotatable bonds is 8. The second-order valence-electron chi connectivity index (χ2n) is 6.70. The van der Waals surface area contributed by atoms with E-state index in [-0.39, 0.29) is 5.79 Å². The topological polar surface area (TPSA) is 27.7 Å². The first kappa shape index (κ1) is 16.0. The van der Waals surface area contributed by atoms with Gasteiger partial charge in [0.1, 0.15) is 0 Å². The fourth-order valence-electron chi connectivity index (χ4n) is 3.44. The van der Waals surface area contributed by atoms with Gasteiger partial charge < -0.3 is 14.2 Å². The monoisotopic (exact) mass is 304 g/mol. The predicted molar refractivity (Wildman–Crippen MR) is 86.5 cm³/mol. The van der Waals surface area contributed by atoms with Crippen molar-refractivity contribution < 1.29 is 14.2 Å². The van der Waals surface area contributed by atoms with Gasteiger partial charge in [-0.3, -0.25) is 0 Å². The first-order valence-electron chi connectivity index (χ1n) is 8.73. The summed E-state index contributed by atoms with van der Waals surface area (Å²) in [4.78, 5) is 0. The van der Waals surface area contributed by atoms with Gasteiger partial charge in [-0.15, -0.1) is 0 Å². The molecule has 1 unspecified atom stereocenters. The van der Waals surface area contributed by atoms with Crippen molar-refractivity contribution in [2.75, 3.05) is 13.2 Å². The van der Waals surface area contributed by atoms with Gasteiger partial charge in [0.05, 0.1) is 19.3 Å². The summed E-state index contributed by atoms with van der Waals surface area (Å²) < 4.78 is 17.8. The summed E-state index contributed by atoms with van der Waals surface area (Å²) >= 11 is 0. The molecule has 2 aliphatic rings. The standard InChI is InChI=1S/C19H28O3/c1-2-3-9-18-15-21-19(22-18)12-17(13-19)10-11-20-14-16-7-5-4-6-8-16/h4-8,17-18H,2-3,9-15H2,1H3. The smallest absolute Gasteiger partial charge is 0.169 e. The average Bonchev–Trinajstić information content (AvgIpc) is 2.94. The first-order valence-corrected chi connectivity index (χ1v) is 8.73. The molecular formula is C19H28O3.